The summed E-state index contributed by atoms with van der Waals surface area (Å²) in [5, 5.41) is 0.415. The molecule has 2 amide bonds. The van der Waals surface area contributed by atoms with Crippen molar-refractivity contribution in [1.82, 2.24) is 14.5 Å². The Bertz CT molecular complexity index is 1850. The van der Waals surface area contributed by atoms with Gasteiger partial charge in [-0.3, -0.25) is 14.6 Å². The zero-order chi connectivity index (χ0) is 30.8. The molecule has 0 spiro atoms. The first-order chi connectivity index (χ1) is 21.4. The molecule has 3 aromatic carbocycles. The second kappa shape index (κ2) is 12.3. The van der Waals surface area contributed by atoms with E-state index in [4.69, 9.17) is 21.1 Å². The first kappa shape index (κ1) is 29.0. The maximum Gasteiger partial charge on any atom is 0.270 e. The highest BCUT2D eigenvalue weighted by atomic mass is 35.5. The van der Waals surface area contributed by atoms with E-state index in [0.717, 1.165) is 33.6 Å². The van der Waals surface area contributed by atoms with E-state index in [1.54, 1.807) is 48.5 Å². The molecule has 0 saturated heterocycles. The molecule has 1 aliphatic rings. The summed E-state index contributed by atoms with van der Waals surface area (Å²) in [6.07, 6.45) is 3.47. The summed E-state index contributed by atoms with van der Waals surface area (Å²) in [5.74, 6) is 0.730. The van der Waals surface area contributed by atoms with E-state index in [2.05, 4.69) is 4.98 Å². The van der Waals surface area contributed by atoms with Crippen molar-refractivity contribution in [3.05, 3.63) is 130 Å². The first-order valence-corrected chi connectivity index (χ1v) is 14.5. The molecular formula is C35H31ClN4O4. The molecule has 2 aromatic heterocycles. The van der Waals surface area contributed by atoms with Crippen LogP contribution < -0.4 is 14.4 Å². The number of ether oxygens (including phenoxy) is 2. The number of hydrogen-bond donors (Lipinski definition) is 0. The molecule has 0 fully saturated rings. The van der Waals surface area contributed by atoms with Gasteiger partial charge in [-0.1, -0.05) is 48.0 Å². The topological polar surface area (TPSA) is 76.9 Å². The Morgan fingerprint density at radius 2 is 1.77 bits per heavy atom. The lowest BCUT2D eigenvalue weighted by molar-refractivity contribution is 0.0774. The molecule has 0 N–H and O–H groups in total. The van der Waals surface area contributed by atoms with Crippen LogP contribution in [0.2, 0.25) is 5.02 Å². The quantitative estimate of drug-likeness (QED) is 0.206. The average molecular weight is 607 g/mol. The monoisotopic (exact) mass is 606 g/mol. The van der Waals surface area contributed by atoms with Gasteiger partial charge in [0.1, 0.15) is 17.2 Å². The number of nitrogens with zero attached hydrogens (tertiary/aromatic N) is 4. The Balaban J connectivity index is 1.35. The lowest BCUT2D eigenvalue weighted by Crippen LogP contribution is -2.31. The van der Waals surface area contributed by atoms with Gasteiger partial charge in [-0.15, -0.1) is 0 Å². The molecule has 0 aliphatic carbocycles. The normalized spacial score (nSPS) is 12.1. The summed E-state index contributed by atoms with van der Waals surface area (Å²) in [6.45, 7) is 1.13. The predicted octanol–water partition coefficient (Wildman–Crippen LogP) is 6.70. The summed E-state index contributed by atoms with van der Waals surface area (Å²) in [4.78, 5) is 35.5. The van der Waals surface area contributed by atoms with E-state index in [-0.39, 0.29) is 18.4 Å². The van der Waals surface area contributed by atoms with Crippen LogP contribution in [0.25, 0.3) is 11.1 Å². The summed E-state index contributed by atoms with van der Waals surface area (Å²) in [5.41, 5.74) is 5.92. The van der Waals surface area contributed by atoms with Crippen molar-refractivity contribution in [2.75, 3.05) is 26.2 Å². The molecule has 0 bridgehead atoms. The number of amides is 2. The fourth-order valence-electron chi connectivity index (χ4n) is 5.61. The molecule has 0 unspecified atom stereocenters. The number of anilines is 1. The van der Waals surface area contributed by atoms with Crippen LogP contribution in [0.5, 0.6) is 11.5 Å². The van der Waals surface area contributed by atoms with Crippen LogP contribution in [-0.4, -0.2) is 47.5 Å². The van der Waals surface area contributed by atoms with Crippen LogP contribution in [-0.2, 0) is 19.6 Å². The van der Waals surface area contributed by atoms with Crippen LogP contribution in [0.1, 0.15) is 37.7 Å². The molecule has 8 nitrogen and oxygen atoms in total. The maximum absolute atomic E-state index is 14.3. The van der Waals surface area contributed by atoms with Gasteiger partial charge in [0.2, 0.25) is 0 Å². The third-order valence-corrected chi connectivity index (χ3v) is 8.17. The molecule has 6 rings (SSSR count). The SMILES string of the molecule is COc1cccc(-c2cc(OC)c(C(=O)N3Cc4ccc(C(=O)N(C)Cc5cccnc5)n4Cc4ccccc43)cc2Cl)c1. The van der Waals surface area contributed by atoms with Gasteiger partial charge in [-0.05, 0) is 65.2 Å². The smallest absolute Gasteiger partial charge is 0.270 e. The highest BCUT2D eigenvalue weighted by molar-refractivity contribution is 6.34. The number of pyridine rings is 1. The Morgan fingerprint density at radius 1 is 0.932 bits per heavy atom. The second-order valence-corrected chi connectivity index (χ2v) is 11.0. The summed E-state index contributed by atoms with van der Waals surface area (Å²) >= 11 is 6.79. The lowest BCUT2D eigenvalue weighted by atomic mass is 10.0. The molecule has 5 aromatic rings. The van der Waals surface area contributed by atoms with E-state index in [1.807, 2.05) is 77.4 Å². The largest absolute Gasteiger partial charge is 0.497 e. The van der Waals surface area contributed by atoms with Gasteiger partial charge in [0.15, 0.2) is 0 Å². The fourth-order valence-corrected chi connectivity index (χ4v) is 5.88. The van der Waals surface area contributed by atoms with Gasteiger partial charge >= 0.3 is 0 Å². The maximum atomic E-state index is 14.3. The van der Waals surface area contributed by atoms with Crippen molar-refractivity contribution in [3.8, 4) is 22.6 Å². The number of methoxy groups -OCH3 is 2. The number of fused-ring (bicyclic) bond motifs is 2. The van der Waals surface area contributed by atoms with Crippen molar-refractivity contribution >= 4 is 29.1 Å². The van der Waals surface area contributed by atoms with Gasteiger partial charge in [0.25, 0.3) is 11.8 Å². The van der Waals surface area contributed by atoms with Crippen molar-refractivity contribution in [3.63, 3.8) is 0 Å². The number of hydrogen-bond acceptors (Lipinski definition) is 5. The molecule has 0 radical (unpaired) electrons. The number of halogens is 1. The first-order valence-electron chi connectivity index (χ1n) is 14.1. The van der Waals surface area contributed by atoms with E-state index < -0.39 is 0 Å². The van der Waals surface area contributed by atoms with Gasteiger partial charge in [0.05, 0.1) is 32.9 Å². The number of carbonyl (C=O) groups is 2. The number of para-hydroxylation sites is 1. The second-order valence-electron chi connectivity index (χ2n) is 10.6. The standard InChI is InChI=1S/C35H31ClN4O4/c1-38(20-23-8-7-15-37-19-23)35(42)32-14-13-26-22-40(31-12-5-4-9-25(31)21-39(26)32)34(41)29-17-30(36)28(18-33(29)44-3)24-10-6-11-27(16-24)43-2/h4-19H,20-22H2,1-3H3. The highest BCUT2D eigenvalue weighted by Gasteiger charge is 2.30. The van der Waals surface area contributed by atoms with Crippen LogP contribution in [0, 0.1) is 0 Å². The molecule has 3 heterocycles. The van der Waals surface area contributed by atoms with Crippen molar-refractivity contribution in [1.29, 1.82) is 0 Å². The van der Waals surface area contributed by atoms with Gasteiger partial charge in [-0.25, -0.2) is 0 Å². The number of carbonyl (C=O) groups excluding carboxylic acids is 2. The highest BCUT2D eigenvalue weighted by Crippen LogP contribution is 2.38. The minimum absolute atomic E-state index is 0.112. The third kappa shape index (κ3) is 5.52. The molecule has 9 heteroatoms. The Morgan fingerprint density at radius 3 is 2.55 bits per heavy atom. The third-order valence-electron chi connectivity index (χ3n) is 7.86. The van der Waals surface area contributed by atoms with E-state index in [9.17, 15) is 9.59 Å². The minimum atomic E-state index is -0.260. The van der Waals surface area contributed by atoms with Gasteiger partial charge in [0, 0.05) is 48.0 Å². The zero-order valence-electron chi connectivity index (χ0n) is 24.7. The van der Waals surface area contributed by atoms with Crippen LogP contribution in [0.3, 0.4) is 0 Å². The molecular weight excluding hydrogens is 576 g/mol. The van der Waals surface area contributed by atoms with E-state index >= 15 is 0 Å². The average Bonchev–Trinajstić information content (AvgIpc) is 3.37. The summed E-state index contributed by atoms with van der Waals surface area (Å²) < 4.78 is 13.1. The van der Waals surface area contributed by atoms with Crippen molar-refractivity contribution in [2.24, 2.45) is 0 Å². The Hall–Kier alpha value is -5.08. The van der Waals surface area contributed by atoms with Crippen molar-refractivity contribution < 1.29 is 19.1 Å². The summed E-state index contributed by atoms with van der Waals surface area (Å²) in [7, 11) is 4.93. The molecule has 222 valence electrons. The zero-order valence-corrected chi connectivity index (χ0v) is 25.4. The fraction of sp³-hybridized carbons (Fsp3) is 0.171. The lowest BCUT2D eigenvalue weighted by Gasteiger charge is -2.24. The molecule has 1 aliphatic heterocycles. The van der Waals surface area contributed by atoms with Crippen molar-refractivity contribution in [2.45, 2.75) is 19.6 Å². The van der Waals surface area contributed by atoms with Crippen LogP contribution in [0.15, 0.2) is 97.3 Å². The molecule has 0 saturated carbocycles. The van der Waals surface area contributed by atoms with Crippen LogP contribution >= 0.6 is 11.6 Å². The Kier molecular flexibility index (Phi) is 8.09. The van der Waals surface area contributed by atoms with Gasteiger partial charge < -0.3 is 23.8 Å². The van der Waals surface area contributed by atoms with Crippen LogP contribution in [0.4, 0.5) is 5.69 Å². The minimum Gasteiger partial charge on any atom is -0.497 e. The summed E-state index contributed by atoms with van der Waals surface area (Å²) in [6, 6.07) is 26.3. The van der Waals surface area contributed by atoms with E-state index in [1.165, 1.54) is 7.11 Å². The number of aromatic nitrogens is 2. The number of rotatable bonds is 7. The number of benzene rings is 3. The van der Waals surface area contributed by atoms with Gasteiger partial charge in [-0.2, -0.15) is 0 Å². The van der Waals surface area contributed by atoms with E-state index in [0.29, 0.717) is 40.9 Å². The predicted molar refractivity (Wildman–Crippen MR) is 171 cm³/mol. The Labute approximate surface area is 261 Å². The molecule has 0 atom stereocenters. The molecule has 44 heavy (non-hydrogen) atoms.